The second-order valence-electron chi connectivity index (χ2n) is 19.2. The molecule has 3 saturated heterocycles. The summed E-state index contributed by atoms with van der Waals surface area (Å²) in [6.07, 6.45) is 8.11. The summed E-state index contributed by atoms with van der Waals surface area (Å²) in [5.41, 5.74) is 3.00. The van der Waals surface area contributed by atoms with Crippen molar-refractivity contribution in [3.8, 4) is 5.75 Å². The summed E-state index contributed by atoms with van der Waals surface area (Å²) in [6, 6.07) is 7.59. The number of pyridine rings is 1. The van der Waals surface area contributed by atoms with Gasteiger partial charge in [-0.05, 0) is 87.1 Å². The number of carbonyl (C=O) groups is 2. The largest absolute Gasteiger partial charge is 0.480 e. The highest BCUT2D eigenvalue weighted by atomic mass is 35.5. The zero-order chi connectivity index (χ0) is 44.9. The average molecular weight is 914 g/mol. The standard InChI is InChI=1S/C46H51ClF3N11O4/c1-57-33-7-5-27(17-29(33)38-39(43(57)64)65-24-46(49,50)40(54-38)26-3-4-26)52-41-31(47)20-51-44(55-41)61-22-45(23-61)11-9-25(10-12-45)21-59-13-15-60(16-14-59)35-19-34-30(18-32(35)48)37(56-58(34)2)28-6-8-36(62)53-42(28)63/h5,7,17-20,25-26,28,40,54H,3-4,6,8-16,21-24H2,1-2H3,(H,51,52,55)(H,53,62,63)/t28?,40-/m0/s1. The number of hydrogen-bond acceptors (Lipinski definition) is 12. The molecule has 7 heterocycles. The van der Waals surface area contributed by atoms with E-state index in [0.717, 1.165) is 63.9 Å². The van der Waals surface area contributed by atoms with Gasteiger partial charge in [-0.15, -0.1) is 0 Å². The van der Waals surface area contributed by atoms with Crippen LogP contribution < -0.4 is 36.0 Å². The third-order valence-corrected chi connectivity index (χ3v) is 15.1. The first kappa shape index (κ1) is 42.0. The van der Waals surface area contributed by atoms with Crippen LogP contribution in [-0.4, -0.2) is 105 Å². The van der Waals surface area contributed by atoms with Gasteiger partial charge in [0.05, 0.1) is 46.3 Å². The lowest BCUT2D eigenvalue weighted by Crippen LogP contribution is -2.58. The van der Waals surface area contributed by atoms with Gasteiger partial charge in [0.2, 0.25) is 23.5 Å². The summed E-state index contributed by atoms with van der Waals surface area (Å²) in [5, 5.41) is 14.8. The topological polar surface area (TPSA) is 155 Å². The van der Waals surface area contributed by atoms with Gasteiger partial charge in [0.15, 0.2) is 12.4 Å². The van der Waals surface area contributed by atoms with Crippen molar-refractivity contribution >= 4 is 74.0 Å². The van der Waals surface area contributed by atoms with E-state index in [2.05, 4.69) is 40.7 Å². The molecule has 19 heteroatoms. The molecule has 6 aliphatic rings. The van der Waals surface area contributed by atoms with Crippen molar-refractivity contribution in [2.24, 2.45) is 31.3 Å². The molecular weight excluding hydrogens is 863 g/mol. The van der Waals surface area contributed by atoms with Crippen molar-refractivity contribution < 1.29 is 27.5 Å². The van der Waals surface area contributed by atoms with Crippen LogP contribution in [0.15, 0.2) is 41.3 Å². The summed E-state index contributed by atoms with van der Waals surface area (Å²) in [6.45, 7) is 4.98. The summed E-state index contributed by atoms with van der Waals surface area (Å²) in [7, 11) is 3.40. The molecule has 4 aliphatic heterocycles. The van der Waals surface area contributed by atoms with Crippen molar-refractivity contribution in [1.29, 1.82) is 0 Å². The van der Waals surface area contributed by atoms with Crippen LogP contribution in [0.4, 0.5) is 42.0 Å². The van der Waals surface area contributed by atoms with Gasteiger partial charge >= 0.3 is 5.92 Å². The monoisotopic (exact) mass is 913 g/mol. The minimum absolute atomic E-state index is 0.110. The van der Waals surface area contributed by atoms with Gasteiger partial charge in [-0.25, -0.2) is 18.2 Å². The van der Waals surface area contributed by atoms with E-state index in [-0.39, 0.29) is 46.8 Å². The van der Waals surface area contributed by atoms with Crippen molar-refractivity contribution in [2.45, 2.75) is 69.2 Å². The smallest absolute Gasteiger partial charge is 0.301 e. The Labute approximate surface area is 377 Å². The van der Waals surface area contributed by atoms with E-state index in [4.69, 9.17) is 21.3 Å². The van der Waals surface area contributed by atoms with Crippen LogP contribution in [-0.2, 0) is 23.7 Å². The Morgan fingerprint density at radius 3 is 2.45 bits per heavy atom. The molecule has 1 unspecified atom stereocenters. The number of imide groups is 1. The number of alkyl halides is 2. The van der Waals surface area contributed by atoms with E-state index < -0.39 is 30.0 Å². The maximum absolute atomic E-state index is 15.7. The lowest BCUT2D eigenvalue weighted by molar-refractivity contribution is -0.134. The number of piperazine rings is 1. The molecule has 3 aromatic heterocycles. The van der Waals surface area contributed by atoms with Gasteiger partial charge in [0.25, 0.3) is 5.56 Å². The molecule has 65 heavy (non-hydrogen) atoms. The Balaban J connectivity index is 0.698. The lowest BCUT2D eigenvalue weighted by Gasteiger charge is -2.54. The third kappa shape index (κ3) is 7.59. The number of carbonyl (C=O) groups excluding carboxylic acids is 2. The SMILES string of the molecule is Cn1nc(C2CCC(=O)NC2=O)c2cc(F)c(N3CCN(CC4CCC5(CC4)CN(c4ncc(Cl)c(Nc6ccc7c(c6)c6c(c(=O)n7C)OCC(F)(F)[C@H](C7CC7)N6)n4)C5)CC3)cc21. The molecule has 11 rings (SSSR count). The van der Waals surface area contributed by atoms with Crippen LogP contribution in [0.5, 0.6) is 5.75 Å². The van der Waals surface area contributed by atoms with Crippen molar-refractivity contribution in [3.63, 3.8) is 0 Å². The van der Waals surface area contributed by atoms with E-state index >= 15 is 13.2 Å². The minimum Gasteiger partial charge on any atom is -0.480 e. The van der Waals surface area contributed by atoms with E-state index in [1.807, 2.05) is 6.07 Å². The average Bonchev–Trinajstić information content (AvgIpc) is 4.08. The Hall–Kier alpha value is -5.62. The molecule has 0 radical (unpaired) electrons. The van der Waals surface area contributed by atoms with Crippen molar-refractivity contribution in [3.05, 3.63) is 63.4 Å². The van der Waals surface area contributed by atoms with Crippen LogP contribution in [0, 0.1) is 23.1 Å². The maximum Gasteiger partial charge on any atom is 0.301 e. The van der Waals surface area contributed by atoms with Crippen molar-refractivity contribution in [1.82, 2.24) is 34.5 Å². The number of nitrogens with zero attached hydrogens (tertiary/aromatic N) is 8. The molecule has 2 amide bonds. The second-order valence-corrected chi connectivity index (χ2v) is 19.6. The van der Waals surface area contributed by atoms with E-state index in [1.165, 1.54) is 10.6 Å². The molecule has 1 spiro atoms. The highest BCUT2D eigenvalue weighted by molar-refractivity contribution is 6.33. The Morgan fingerprint density at radius 2 is 1.71 bits per heavy atom. The first-order chi connectivity index (χ1) is 31.2. The number of benzene rings is 2. The molecule has 2 saturated carbocycles. The number of fused-ring (bicyclic) bond motifs is 4. The van der Waals surface area contributed by atoms with Crippen LogP contribution in [0.2, 0.25) is 5.02 Å². The number of aryl methyl sites for hydroxylation is 2. The molecule has 2 atom stereocenters. The number of halogens is 4. The van der Waals surface area contributed by atoms with Gasteiger partial charge in [-0.2, -0.15) is 10.1 Å². The van der Waals surface area contributed by atoms with E-state index in [0.29, 0.717) is 88.4 Å². The van der Waals surface area contributed by atoms with Gasteiger partial charge in [0.1, 0.15) is 10.8 Å². The zero-order valence-corrected chi connectivity index (χ0v) is 37.1. The second kappa shape index (κ2) is 15.8. The number of rotatable bonds is 8. The Kier molecular flexibility index (Phi) is 10.2. The molecule has 5 aromatic rings. The fraction of sp³-hybridized carbons (Fsp3) is 0.522. The van der Waals surface area contributed by atoms with Gasteiger partial charge in [-0.3, -0.25) is 29.3 Å². The molecule has 2 aromatic carbocycles. The quantitative estimate of drug-likeness (QED) is 0.150. The molecule has 342 valence electrons. The number of anilines is 5. The first-order valence-electron chi connectivity index (χ1n) is 22.7. The van der Waals surface area contributed by atoms with E-state index in [9.17, 15) is 14.4 Å². The number of hydrogen-bond donors (Lipinski definition) is 3. The zero-order valence-electron chi connectivity index (χ0n) is 36.3. The van der Waals surface area contributed by atoms with Gasteiger partial charge in [-0.1, -0.05) is 11.6 Å². The number of ether oxygens (including phenoxy) is 1. The molecule has 15 nitrogen and oxygen atoms in total. The molecule has 5 fully saturated rings. The van der Waals surface area contributed by atoms with Crippen LogP contribution in [0.3, 0.4) is 0 Å². The highest BCUT2D eigenvalue weighted by Crippen LogP contribution is 2.48. The number of nitrogens with one attached hydrogen (secondary N) is 3. The van der Waals surface area contributed by atoms with Gasteiger partial charge < -0.3 is 29.7 Å². The van der Waals surface area contributed by atoms with E-state index in [1.54, 1.807) is 43.2 Å². The number of piperidine rings is 1. The Bertz CT molecular complexity index is 2810. The predicted molar refractivity (Wildman–Crippen MR) is 241 cm³/mol. The summed E-state index contributed by atoms with van der Waals surface area (Å²) >= 11 is 6.64. The molecule has 0 bridgehead atoms. The minimum atomic E-state index is -3.13. The fourth-order valence-electron chi connectivity index (χ4n) is 11.0. The third-order valence-electron chi connectivity index (χ3n) is 14.9. The fourth-order valence-corrected chi connectivity index (χ4v) is 11.1. The first-order valence-corrected chi connectivity index (χ1v) is 23.1. The number of amides is 2. The lowest BCUT2D eigenvalue weighted by atomic mass is 9.66. The molecule has 3 N–H and O–H groups in total. The molecule has 2 aliphatic carbocycles. The van der Waals surface area contributed by atoms with Crippen LogP contribution >= 0.6 is 11.6 Å². The summed E-state index contributed by atoms with van der Waals surface area (Å²) in [4.78, 5) is 53.8. The van der Waals surface area contributed by atoms with Gasteiger partial charge in [0, 0.05) is 88.2 Å². The van der Waals surface area contributed by atoms with Crippen LogP contribution in [0.25, 0.3) is 21.8 Å². The predicted octanol–water partition coefficient (Wildman–Crippen LogP) is 6.31. The Morgan fingerprint density at radius 1 is 0.938 bits per heavy atom. The number of aromatic nitrogens is 5. The normalized spacial score (nSPS) is 23.5. The van der Waals surface area contributed by atoms with Crippen molar-refractivity contribution in [2.75, 3.05) is 72.9 Å². The summed E-state index contributed by atoms with van der Waals surface area (Å²) in [5.74, 6) is -3.44. The highest BCUT2D eigenvalue weighted by Gasteiger charge is 2.51. The molecular formula is C46H51ClF3N11O4. The summed E-state index contributed by atoms with van der Waals surface area (Å²) < 4.78 is 54.7. The van der Waals surface area contributed by atoms with Crippen LogP contribution in [0.1, 0.15) is 63.0 Å². The maximum atomic E-state index is 15.7.